The summed E-state index contributed by atoms with van der Waals surface area (Å²) in [6.07, 6.45) is 1.05. The van der Waals surface area contributed by atoms with E-state index in [2.05, 4.69) is 13.8 Å². The maximum Gasteiger partial charge on any atom is 0.226 e. The van der Waals surface area contributed by atoms with Gasteiger partial charge < -0.3 is 9.80 Å². The largest absolute Gasteiger partial charge is 0.343 e. The highest BCUT2D eigenvalue weighted by atomic mass is 16.2. The lowest BCUT2D eigenvalue weighted by Crippen LogP contribution is -2.50. The van der Waals surface area contributed by atoms with Crippen LogP contribution in [-0.4, -0.2) is 47.8 Å². The zero-order valence-corrected chi connectivity index (χ0v) is 15.7. The van der Waals surface area contributed by atoms with Gasteiger partial charge in [0.25, 0.3) is 0 Å². The number of hydrogen-bond donors (Lipinski definition) is 0. The quantitative estimate of drug-likeness (QED) is 0.754. The Morgan fingerprint density at radius 3 is 1.30 bits per heavy atom. The number of fused-ring (bicyclic) bond motifs is 2. The van der Waals surface area contributed by atoms with Crippen molar-refractivity contribution in [3.05, 3.63) is 0 Å². The summed E-state index contributed by atoms with van der Waals surface area (Å²) < 4.78 is 0. The van der Waals surface area contributed by atoms with Crippen LogP contribution < -0.4 is 0 Å². The number of hydrogen-bond acceptors (Lipinski definition) is 2. The Morgan fingerprint density at radius 1 is 0.739 bits per heavy atom. The fourth-order valence-corrected chi connectivity index (χ4v) is 5.17. The van der Waals surface area contributed by atoms with E-state index < -0.39 is 0 Å². The Morgan fingerprint density at radius 2 is 1.04 bits per heavy atom. The highest BCUT2D eigenvalue weighted by Gasteiger charge is 2.60. The Labute approximate surface area is 141 Å². The summed E-state index contributed by atoms with van der Waals surface area (Å²) in [5.41, 5.74) is 0. The van der Waals surface area contributed by atoms with Crippen LogP contribution >= 0.6 is 0 Å². The summed E-state index contributed by atoms with van der Waals surface area (Å²) in [6, 6.07) is 0. The summed E-state index contributed by atoms with van der Waals surface area (Å²) in [6.45, 7) is 15.6. The average molecular weight is 322 g/mol. The third-order valence-electron chi connectivity index (χ3n) is 6.75. The van der Waals surface area contributed by atoms with Crippen LogP contribution in [0, 0.1) is 35.5 Å². The second-order valence-electron chi connectivity index (χ2n) is 7.35. The van der Waals surface area contributed by atoms with Crippen LogP contribution in [0.25, 0.3) is 0 Å². The van der Waals surface area contributed by atoms with E-state index in [1.807, 2.05) is 37.5 Å². The molecule has 2 saturated carbocycles. The lowest BCUT2D eigenvalue weighted by molar-refractivity contribution is -0.150. The molecule has 0 aromatic rings. The molecule has 132 valence electrons. The van der Waals surface area contributed by atoms with Crippen molar-refractivity contribution in [2.75, 3.05) is 26.2 Å². The molecule has 0 saturated heterocycles. The SMILES string of the molecule is CCN(CC)C(=O)C1C2CC(C(C)C2C)C1C(=O)N(CC)CC. The fourth-order valence-electron chi connectivity index (χ4n) is 5.17. The Balaban J connectivity index is 2.33. The molecule has 2 rings (SSSR count). The van der Waals surface area contributed by atoms with Crippen LogP contribution in [0.15, 0.2) is 0 Å². The average Bonchev–Trinajstić information content (AvgIpc) is 3.06. The predicted molar refractivity (Wildman–Crippen MR) is 92.8 cm³/mol. The monoisotopic (exact) mass is 322 g/mol. The van der Waals surface area contributed by atoms with E-state index in [-0.39, 0.29) is 23.7 Å². The van der Waals surface area contributed by atoms with Gasteiger partial charge in [-0.15, -0.1) is 0 Å². The maximum atomic E-state index is 13.1. The van der Waals surface area contributed by atoms with E-state index in [1.54, 1.807) is 0 Å². The third kappa shape index (κ3) is 2.89. The van der Waals surface area contributed by atoms with Gasteiger partial charge >= 0.3 is 0 Å². The van der Waals surface area contributed by atoms with Crippen molar-refractivity contribution in [3.63, 3.8) is 0 Å². The lowest BCUT2D eigenvalue weighted by atomic mass is 9.68. The maximum absolute atomic E-state index is 13.1. The first-order valence-electron chi connectivity index (χ1n) is 9.50. The van der Waals surface area contributed by atoms with Crippen LogP contribution in [-0.2, 0) is 9.59 Å². The first-order valence-corrected chi connectivity index (χ1v) is 9.50. The van der Waals surface area contributed by atoms with Gasteiger partial charge in [0.1, 0.15) is 0 Å². The molecule has 2 aliphatic rings. The number of amides is 2. The van der Waals surface area contributed by atoms with Gasteiger partial charge in [0.15, 0.2) is 0 Å². The van der Waals surface area contributed by atoms with Crippen molar-refractivity contribution in [2.24, 2.45) is 35.5 Å². The van der Waals surface area contributed by atoms with Gasteiger partial charge in [-0.05, 0) is 57.8 Å². The van der Waals surface area contributed by atoms with Crippen LogP contribution in [0.1, 0.15) is 48.0 Å². The Bertz CT molecular complexity index is 403. The van der Waals surface area contributed by atoms with Crippen LogP contribution in [0.3, 0.4) is 0 Å². The van der Waals surface area contributed by atoms with Gasteiger partial charge in [0.2, 0.25) is 11.8 Å². The summed E-state index contributed by atoms with van der Waals surface area (Å²) in [7, 11) is 0. The van der Waals surface area contributed by atoms with Gasteiger partial charge in [0, 0.05) is 26.2 Å². The van der Waals surface area contributed by atoms with Gasteiger partial charge in [-0.1, -0.05) is 13.8 Å². The second kappa shape index (κ2) is 7.23. The topological polar surface area (TPSA) is 40.6 Å². The molecule has 4 nitrogen and oxygen atoms in total. The van der Waals surface area contributed by atoms with E-state index in [0.29, 0.717) is 23.7 Å². The smallest absolute Gasteiger partial charge is 0.226 e. The molecule has 2 bridgehead atoms. The van der Waals surface area contributed by atoms with Crippen LogP contribution in [0.5, 0.6) is 0 Å². The van der Waals surface area contributed by atoms with E-state index >= 15 is 0 Å². The Hall–Kier alpha value is -1.06. The standard InChI is InChI=1S/C19H34N2O2/c1-7-20(8-2)18(22)16-14-11-15(13(6)12(14)5)17(16)19(23)21(9-3)10-4/h12-17H,7-11H2,1-6H3. The van der Waals surface area contributed by atoms with Crippen LogP contribution in [0.2, 0.25) is 0 Å². The molecule has 0 radical (unpaired) electrons. The molecular formula is C19H34N2O2. The third-order valence-corrected chi connectivity index (χ3v) is 6.75. The minimum Gasteiger partial charge on any atom is -0.343 e. The molecule has 6 unspecified atom stereocenters. The normalized spacial score (nSPS) is 35.4. The first-order chi connectivity index (χ1) is 10.9. The summed E-state index contributed by atoms with van der Waals surface area (Å²) >= 11 is 0. The molecule has 0 N–H and O–H groups in total. The molecule has 2 fully saturated rings. The minimum absolute atomic E-state index is 0.0980. The minimum atomic E-state index is -0.0980. The summed E-state index contributed by atoms with van der Waals surface area (Å²) in [4.78, 5) is 30.1. The van der Waals surface area contributed by atoms with E-state index in [1.165, 1.54) is 0 Å². The lowest BCUT2D eigenvalue weighted by Gasteiger charge is -2.40. The number of nitrogens with zero attached hydrogens (tertiary/aromatic N) is 2. The summed E-state index contributed by atoms with van der Waals surface area (Å²) in [5.74, 6) is 2.09. The molecule has 2 amide bonds. The van der Waals surface area contributed by atoms with Crippen molar-refractivity contribution in [1.82, 2.24) is 9.80 Å². The van der Waals surface area contributed by atoms with Crippen molar-refractivity contribution in [2.45, 2.75) is 48.0 Å². The number of carbonyl (C=O) groups is 2. The molecule has 0 heterocycles. The molecular weight excluding hydrogens is 288 g/mol. The highest BCUT2D eigenvalue weighted by molar-refractivity contribution is 5.89. The molecule has 0 aromatic heterocycles. The van der Waals surface area contributed by atoms with Crippen molar-refractivity contribution in [1.29, 1.82) is 0 Å². The zero-order chi connectivity index (χ0) is 17.3. The molecule has 0 spiro atoms. The van der Waals surface area contributed by atoms with Gasteiger partial charge in [0.05, 0.1) is 11.8 Å². The van der Waals surface area contributed by atoms with Crippen molar-refractivity contribution >= 4 is 11.8 Å². The van der Waals surface area contributed by atoms with Crippen molar-refractivity contribution < 1.29 is 9.59 Å². The number of rotatable bonds is 6. The van der Waals surface area contributed by atoms with Gasteiger partial charge in [-0.2, -0.15) is 0 Å². The second-order valence-corrected chi connectivity index (χ2v) is 7.35. The Kier molecular flexibility index (Phi) is 5.74. The molecule has 0 aliphatic heterocycles. The molecule has 6 atom stereocenters. The van der Waals surface area contributed by atoms with E-state index in [9.17, 15) is 9.59 Å². The van der Waals surface area contributed by atoms with Crippen LogP contribution in [0.4, 0.5) is 0 Å². The predicted octanol–water partition coefficient (Wildman–Crippen LogP) is 2.88. The molecule has 23 heavy (non-hydrogen) atoms. The molecule has 4 heteroatoms. The highest BCUT2D eigenvalue weighted by Crippen LogP contribution is 2.58. The molecule has 0 aromatic carbocycles. The van der Waals surface area contributed by atoms with Gasteiger partial charge in [-0.3, -0.25) is 9.59 Å². The van der Waals surface area contributed by atoms with Crippen molar-refractivity contribution in [3.8, 4) is 0 Å². The fraction of sp³-hybridized carbons (Fsp3) is 0.895. The first kappa shape index (κ1) is 18.3. The number of carbonyl (C=O) groups excluding carboxylic acids is 2. The summed E-state index contributed by atoms with van der Waals surface area (Å²) in [5, 5.41) is 0. The molecule has 2 aliphatic carbocycles. The zero-order valence-electron chi connectivity index (χ0n) is 15.7. The van der Waals surface area contributed by atoms with E-state index in [0.717, 1.165) is 32.6 Å². The van der Waals surface area contributed by atoms with Gasteiger partial charge in [-0.25, -0.2) is 0 Å². The van der Waals surface area contributed by atoms with E-state index in [4.69, 9.17) is 0 Å².